The van der Waals surface area contributed by atoms with Gasteiger partial charge < -0.3 is 11.5 Å². The molecule has 0 aliphatic heterocycles. The third-order valence-corrected chi connectivity index (χ3v) is 4.63. The molecule has 0 bridgehead atoms. The maximum Gasteiger partial charge on any atom is 0.243 e. The number of benzene rings is 1. The molecule has 0 saturated carbocycles. The molecule has 0 spiro atoms. The van der Waals surface area contributed by atoms with Gasteiger partial charge in [0.25, 0.3) is 0 Å². The van der Waals surface area contributed by atoms with Crippen LogP contribution in [0.1, 0.15) is 25.3 Å². The third kappa shape index (κ3) is 4.21. The van der Waals surface area contributed by atoms with Gasteiger partial charge in [0.2, 0.25) is 15.9 Å². The Morgan fingerprint density at radius 3 is 2.45 bits per heavy atom. The fourth-order valence-electron chi connectivity index (χ4n) is 1.87. The summed E-state index contributed by atoms with van der Waals surface area (Å²) in [5, 5.41) is 0. The van der Waals surface area contributed by atoms with Crippen LogP contribution in [0.25, 0.3) is 0 Å². The summed E-state index contributed by atoms with van der Waals surface area (Å²) in [6.45, 7) is 3.64. The van der Waals surface area contributed by atoms with Crippen molar-refractivity contribution in [2.24, 2.45) is 5.73 Å². The first kappa shape index (κ1) is 16.5. The van der Waals surface area contributed by atoms with Gasteiger partial charge in [-0.05, 0) is 37.1 Å². The predicted molar refractivity (Wildman–Crippen MR) is 78.5 cm³/mol. The molecule has 1 amide bonds. The predicted octanol–water partition coefficient (Wildman–Crippen LogP) is 0.853. The van der Waals surface area contributed by atoms with Gasteiger partial charge in [-0.1, -0.05) is 13.3 Å². The quantitative estimate of drug-likeness (QED) is 0.728. The average Bonchev–Trinajstić information content (AvgIpc) is 2.32. The van der Waals surface area contributed by atoms with E-state index in [0.29, 0.717) is 12.1 Å². The van der Waals surface area contributed by atoms with Gasteiger partial charge in [0, 0.05) is 12.2 Å². The number of nitrogens with zero attached hydrogens (tertiary/aromatic N) is 1. The Morgan fingerprint density at radius 2 is 1.95 bits per heavy atom. The van der Waals surface area contributed by atoms with Crippen molar-refractivity contribution in [3.05, 3.63) is 23.8 Å². The first-order chi connectivity index (χ1) is 9.27. The Morgan fingerprint density at radius 1 is 1.30 bits per heavy atom. The monoisotopic (exact) mass is 299 g/mol. The number of anilines is 1. The van der Waals surface area contributed by atoms with Gasteiger partial charge in [0.05, 0.1) is 11.4 Å². The maximum absolute atomic E-state index is 12.5. The zero-order valence-corrected chi connectivity index (χ0v) is 12.6. The number of nitrogens with two attached hydrogens (primary N) is 2. The summed E-state index contributed by atoms with van der Waals surface area (Å²) in [5.74, 6) is -0.676. The van der Waals surface area contributed by atoms with Crippen molar-refractivity contribution < 1.29 is 13.2 Å². The largest absolute Gasteiger partial charge is 0.399 e. The molecule has 1 aromatic carbocycles. The molecule has 0 fully saturated rings. The zero-order valence-electron chi connectivity index (χ0n) is 11.8. The van der Waals surface area contributed by atoms with Crippen LogP contribution in [0.2, 0.25) is 0 Å². The van der Waals surface area contributed by atoms with Crippen molar-refractivity contribution >= 4 is 21.6 Å². The summed E-state index contributed by atoms with van der Waals surface area (Å²) in [5.41, 5.74) is 11.9. The number of carbonyl (C=O) groups is 1. The van der Waals surface area contributed by atoms with E-state index in [2.05, 4.69) is 0 Å². The molecule has 0 atom stereocenters. The van der Waals surface area contributed by atoms with Crippen molar-refractivity contribution in [1.29, 1.82) is 0 Å². The molecule has 0 saturated heterocycles. The standard InChI is InChI=1S/C13H21N3O3S/c1-3-4-5-16(9-13(15)17)20(18,19)12-7-10(2)6-11(14)8-12/h6-8H,3-5,9,14H2,1-2H3,(H2,15,17). The van der Waals surface area contributed by atoms with E-state index in [1.54, 1.807) is 13.0 Å². The Labute approximate surface area is 119 Å². The molecule has 1 aromatic rings. The minimum atomic E-state index is -3.76. The van der Waals surface area contributed by atoms with Crippen LogP contribution in [-0.2, 0) is 14.8 Å². The zero-order chi connectivity index (χ0) is 15.3. The number of amides is 1. The van der Waals surface area contributed by atoms with E-state index in [1.807, 2.05) is 6.92 Å². The molecule has 0 radical (unpaired) electrons. The van der Waals surface area contributed by atoms with Gasteiger partial charge in [-0.15, -0.1) is 0 Å². The van der Waals surface area contributed by atoms with Crippen molar-refractivity contribution in [3.8, 4) is 0 Å². The maximum atomic E-state index is 12.5. The second kappa shape index (κ2) is 6.71. The lowest BCUT2D eigenvalue weighted by molar-refractivity contribution is -0.118. The van der Waals surface area contributed by atoms with Crippen LogP contribution in [0.3, 0.4) is 0 Å². The minimum absolute atomic E-state index is 0.0901. The minimum Gasteiger partial charge on any atom is -0.399 e. The van der Waals surface area contributed by atoms with Crippen LogP contribution in [0.5, 0.6) is 0 Å². The third-order valence-electron chi connectivity index (χ3n) is 2.80. The Kier molecular flexibility index (Phi) is 5.52. The SMILES string of the molecule is CCCCN(CC(N)=O)S(=O)(=O)c1cc(C)cc(N)c1. The second-order valence-electron chi connectivity index (χ2n) is 4.74. The average molecular weight is 299 g/mol. The number of primary amides is 1. The summed E-state index contributed by atoms with van der Waals surface area (Å²) in [4.78, 5) is 11.2. The van der Waals surface area contributed by atoms with E-state index in [1.165, 1.54) is 12.1 Å². The lowest BCUT2D eigenvalue weighted by Crippen LogP contribution is -2.39. The molecule has 0 heterocycles. The van der Waals surface area contributed by atoms with Crippen LogP contribution < -0.4 is 11.5 Å². The molecule has 0 unspecified atom stereocenters. The molecule has 0 aliphatic carbocycles. The summed E-state index contributed by atoms with van der Waals surface area (Å²) in [6, 6.07) is 4.61. The van der Waals surface area contributed by atoms with Crippen LogP contribution in [0.15, 0.2) is 23.1 Å². The fourth-order valence-corrected chi connectivity index (χ4v) is 3.45. The molecule has 0 aromatic heterocycles. The van der Waals surface area contributed by atoms with Crippen LogP contribution >= 0.6 is 0 Å². The smallest absolute Gasteiger partial charge is 0.243 e. The molecule has 20 heavy (non-hydrogen) atoms. The highest BCUT2D eigenvalue weighted by Gasteiger charge is 2.25. The lowest BCUT2D eigenvalue weighted by Gasteiger charge is -2.21. The summed E-state index contributed by atoms with van der Waals surface area (Å²) in [7, 11) is -3.76. The van der Waals surface area contributed by atoms with Crippen molar-refractivity contribution in [3.63, 3.8) is 0 Å². The van der Waals surface area contributed by atoms with Gasteiger partial charge >= 0.3 is 0 Å². The van der Waals surface area contributed by atoms with Crippen LogP contribution in [-0.4, -0.2) is 31.7 Å². The van der Waals surface area contributed by atoms with Gasteiger partial charge in [0.15, 0.2) is 0 Å². The number of carbonyl (C=O) groups excluding carboxylic acids is 1. The normalized spacial score (nSPS) is 11.8. The molecule has 4 N–H and O–H groups in total. The van der Waals surface area contributed by atoms with Crippen molar-refractivity contribution in [2.75, 3.05) is 18.8 Å². The Bertz CT molecular complexity index is 564. The van der Waals surface area contributed by atoms with E-state index in [-0.39, 0.29) is 18.0 Å². The van der Waals surface area contributed by atoms with Crippen molar-refractivity contribution in [1.82, 2.24) is 4.31 Å². The molecule has 7 heteroatoms. The van der Waals surface area contributed by atoms with Gasteiger partial charge in [-0.25, -0.2) is 8.42 Å². The molecule has 6 nitrogen and oxygen atoms in total. The number of aryl methyl sites for hydroxylation is 1. The topological polar surface area (TPSA) is 106 Å². The number of unbranched alkanes of at least 4 members (excludes halogenated alkanes) is 1. The van der Waals surface area contributed by atoms with Gasteiger partial charge in [-0.2, -0.15) is 4.31 Å². The van der Waals surface area contributed by atoms with Crippen molar-refractivity contribution in [2.45, 2.75) is 31.6 Å². The molecule has 112 valence electrons. The highest BCUT2D eigenvalue weighted by Crippen LogP contribution is 2.20. The first-order valence-corrected chi connectivity index (χ1v) is 7.87. The number of rotatable bonds is 7. The number of sulfonamides is 1. The van der Waals surface area contributed by atoms with E-state index in [9.17, 15) is 13.2 Å². The molecular weight excluding hydrogens is 278 g/mol. The first-order valence-electron chi connectivity index (χ1n) is 6.43. The number of hydrogen-bond acceptors (Lipinski definition) is 4. The highest BCUT2D eigenvalue weighted by atomic mass is 32.2. The number of nitrogen functional groups attached to an aromatic ring is 1. The Hall–Kier alpha value is -1.60. The second-order valence-corrected chi connectivity index (χ2v) is 6.68. The molecule has 0 aliphatic rings. The highest BCUT2D eigenvalue weighted by molar-refractivity contribution is 7.89. The van der Waals surface area contributed by atoms with Crippen LogP contribution in [0, 0.1) is 6.92 Å². The lowest BCUT2D eigenvalue weighted by atomic mass is 10.2. The number of hydrogen-bond donors (Lipinski definition) is 2. The molecule has 1 rings (SSSR count). The Balaban J connectivity index is 3.17. The van der Waals surface area contributed by atoms with E-state index < -0.39 is 15.9 Å². The summed E-state index contributed by atoms with van der Waals surface area (Å²) < 4.78 is 26.2. The molecular formula is C13H21N3O3S. The summed E-state index contributed by atoms with van der Waals surface area (Å²) >= 11 is 0. The van der Waals surface area contributed by atoms with Gasteiger partial charge in [0.1, 0.15) is 0 Å². The van der Waals surface area contributed by atoms with E-state index in [0.717, 1.165) is 16.3 Å². The van der Waals surface area contributed by atoms with E-state index in [4.69, 9.17) is 11.5 Å². The fraction of sp³-hybridized carbons (Fsp3) is 0.462. The summed E-state index contributed by atoms with van der Waals surface area (Å²) in [6.07, 6.45) is 1.48. The van der Waals surface area contributed by atoms with Crippen LogP contribution in [0.4, 0.5) is 5.69 Å². The van der Waals surface area contributed by atoms with Gasteiger partial charge in [-0.3, -0.25) is 4.79 Å². The van der Waals surface area contributed by atoms with E-state index >= 15 is 0 Å².